The minimum absolute atomic E-state index is 0.00375. The van der Waals surface area contributed by atoms with Gasteiger partial charge >= 0.3 is 0 Å². The number of nitriles is 1. The predicted molar refractivity (Wildman–Crippen MR) is 53.3 cm³/mol. The van der Waals surface area contributed by atoms with Crippen LogP contribution in [0.1, 0.15) is 12.8 Å². The van der Waals surface area contributed by atoms with Crippen LogP contribution in [-0.4, -0.2) is 36.4 Å². The van der Waals surface area contributed by atoms with Crippen molar-refractivity contribution in [1.29, 1.82) is 5.26 Å². The summed E-state index contributed by atoms with van der Waals surface area (Å²) in [7, 11) is 1.77. The Morgan fingerprint density at radius 1 is 1.69 bits per heavy atom. The molecule has 4 heteroatoms. The maximum atomic E-state index is 11.7. The fourth-order valence-corrected chi connectivity index (χ4v) is 1.65. The zero-order valence-electron chi connectivity index (χ0n) is 8.04. The second-order valence-electron chi connectivity index (χ2n) is 3.41. The number of hydrogen-bond acceptors (Lipinski definition) is 3. The Bertz CT molecular complexity index is 242. The monoisotopic (exact) mass is 198 g/mol. The number of thioether (sulfide) groups is 1. The van der Waals surface area contributed by atoms with Gasteiger partial charge in [-0.1, -0.05) is 0 Å². The smallest absolute Gasteiger partial charge is 0.242 e. The average molecular weight is 198 g/mol. The first-order valence-corrected chi connectivity index (χ1v) is 5.71. The molecule has 1 aliphatic carbocycles. The van der Waals surface area contributed by atoms with E-state index in [1.54, 1.807) is 23.7 Å². The van der Waals surface area contributed by atoms with E-state index in [1.807, 2.05) is 6.26 Å². The number of carbonyl (C=O) groups is 1. The SMILES string of the molecule is CSCCN(C)C(=O)C1(C#N)CC1. The molecule has 0 N–H and O–H groups in total. The van der Waals surface area contributed by atoms with Crippen LogP contribution in [0.25, 0.3) is 0 Å². The Hall–Kier alpha value is -0.690. The molecular formula is C9H14N2OS. The molecule has 0 atom stereocenters. The summed E-state index contributed by atoms with van der Waals surface area (Å²) in [5.41, 5.74) is -0.646. The van der Waals surface area contributed by atoms with Gasteiger partial charge in [0, 0.05) is 19.3 Å². The lowest BCUT2D eigenvalue weighted by Gasteiger charge is -2.18. The summed E-state index contributed by atoms with van der Waals surface area (Å²) in [4.78, 5) is 13.3. The Kier molecular flexibility index (Phi) is 3.21. The van der Waals surface area contributed by atoms with E-state index in [-0.39, 0.29) is 5.91 Å². The molecule has 0 aromatic carbocycles. The van der Waals surface area contributed by atoms with Crippen molar-refractivity contribution in [2.75, 3.05) is 25.6 Å². The van der Waals surface area contributed by atoms with Crippen molar-refractivity contribution in [3.63, 3.8) is 0 Å². The van der Waals surface area contributed by atoms with Gasteiger partial charge in [0.05, 0.1) is 6.07 Å². The third-order valence-corrected chi connectivity index (χ3v) is 2.94. The van der Waals surface area contributed by atoms with Crippen LogP contribution in [0.4, 0.5) is 0 Å². The standard InChI is InChI=1S/C9H14N2OS/c1-11(5-6-13-2)8(12)9(7-10)3-4-9/h3-6H2,1-2H3. The molecule has 1 amide bonds. The topological polar surface area (TPSA) is 44.1 Å². The van der Waals surface area contributed by atoms with E-state index in [4.69, 9.17) is 5.26 Å². The van der Waals surface area contributed by atoms with Crippen LogP contribution >= 0.6 is 11.8 Å². The zero-order chi connectivity index (χ0) is 9.90. The molecule has 1 rings (SSSR count). The van der Waals surface area contributed by atoms with Gasteiger partial charge in [-0.05, 0) is 19.1 Å². The summed E-state index contributed by atoms with van der Waals surface area (Å²) in [6.07, 6.45) is 3.49. The van der Waals surface area contributed by atoms with E-state index < -0.39 is 5.41 Å². The molecule has 0 heterocycles. The number of amides is 1. The number of nitrogens with zero attached hydrogens (tertiary/aromatic N) is 2. The Morgan fingerprint density at radius 2 is 2.31 bits per heavy atom. The van der Waals surface area contributed by atoms with Crippen molar-refractivity contribution in [2.45, 2.75) is 12.8 Å². The molecule has 13 heavy (non-hydrogen) atoms. The molecule has 72 valence electrons. The Morgan fingerprint density at radius 3 is 2.69 bits per heavy atom. The highest BCUT2D eigenvalue weighted by Gasteiger charge is 2.51. The molecule has 3 nitrogen and oxygen atoms in total. The van der Waals surface area contributed by atoms with Crippen LogP contribution in [0.5, 0.6) is 0 Å². The van der Waals surface area contributed by atoms with Crippen molar-refractivity contribution < 1.29 is 4.79 Å². The van der Waals surface area contributed by atoms with Gasteiger partial charge in [0.2, 0.25) is 5.91 Å². The van der Waals surface area contributed by atoms with E-state index in [0.29, 0.717) is 0 Å². The summed E-state index contributed by atoms with van der Waals surface area (Å²) in [6.45, 7) is 0.740. The molecule has 0 aromatic rings. The highest BCUT2D eigenvalue weighted by molar-refractivity contribution is 7.98. The van der Waals surface area contributed by atoms with Gasteiger partial charge in [-0.15, -0.1) is 0 Å². The van der Waals surface area contributed by atoms with E-state index in [0.717, 1.165) is 25.1 Å². The van der Waals surface area contributed by atoms with E-state index >= 15 is 0 Å². The summed E-state index contributed by atoms with van der Waals surface area (Å²) in [5.74, 6) is 0.938. The first-order valence-electron chi connectivity index (χ1n) is 4.32. The van der Waals surface area contributed by atoms with Crippen LogP contribution in [0.3, 0.4) is 0 Å². The average Bonchev–Trinajstić information content (AvgIpc) is 2.93. The van der Waals surface area contributed by atoms with Gasteiger partial charge in [0.15, 0.2) is 0 Å². The normalized spacial score (nSPS) is 17.6. The second kappa shape index (κ2) is 4.01. The van der Waals surface area contributed by atoms with Gasteiger partial charge < -0.3 is 4.90 Å². The summed E-state index contributed by atoms with van der Waals surface area (Å²) < 4.78 is 0. The van der Waals surface area contributed by atoms with Gasteiger partial charge in [0.1, 0.15) is 5.41 Å². The molecular weight excluding hydrogens is 184 g/mol. The second-order valence-corrected chi connectivity index (χ2v) is 4.40. The molecule has 1 saturated carbocycles. The molecule has 0 aliphatic heterocycles. The van der Waals surface area contributed by atoms with Crippen LogP contribution in [0.15, 0.2) is 0 Å². The maximum absolute atomic E-state index is 11.7. The maximum Gasteiger partial charge on any atom is 0.242 e. The number of hydrogen-bond donors (Lipinski definition) is 0. The highest BCUT2D eigenvalue weighted by atomic mass is 32.2. The Labute approximate surface area is 83.1 Å². The zero-order valence-corrected chi connectivity index (χ0v) is 8.86. The van der Waals surface area contributed by atoms with Gasteiger partial charge in [-0.2, -0.15) is 17.0 Å². The van der Waals surface area contributed by atoms with Crippen molar-refractivity contribution in [3.8, 4) is 6.07 Å². The van der Waals surface area contributed by atoms with Gasteiger partial charge in [-0.25, -0.2) is 0 Å². The summed E-state index contributed by atoms with van der Waals surface area (Å²) in [6, 6.07) is 2.11. The van der Waals surface area contributed by atoms with Crippen molar-refractivity contribution in [2.24, 2.45) is 5.41 Å². The molecule has 1 aliphatic rings. The molecule has 0 radical (unpaired) electrons. The fraction of sp³-hybridized carbons (Fsp3) is 0.778. The highest BCUT2D eigenvalue weighted by Crippen LogP contribution is 2.46. The summed E-state index contributed by atoms with van der Waals surface area (Å²) >= 11 is 1.71. The molecule has 0 saturated heterocycles. The largest absolute Gasteiger partial charge is 0.344 e. The lowest BCUT2D eigenvalue weighted by molar-refractivity contribution is -0.133. The third-order valence-electron chi connectivity index (χ3n) is 2.35. The first-order chi connectivity index (χ1) is 6.16. The van der Waals surface area contributed by atoms with Gasteiger partial charge in [0.25, 0.3) is 0 Å². The first kappa shape index (κ1) is 10.4. The molecule has 0 aromatic heterocycles. The molecule has 0 spiro atoms. The molecule has 0 bridgehead atoms. The lowest BCUT2D eigenvalue weighted by atomic mass is 10.1. The quantitative estimate of drug-likeness (QED) is 0.679. The number of carbonyl (C=O) groups excluding carboxylic acids is 1. The number of rotatable bonds is 4. The van der Waals surface area contributed by atoms with E-state index in [2.05, 4.69) is 6.07 Å². The van der Waals surface area contributed by atoms with Crippen LogP contribution in [0, 0.1) is 16.7 Å². The minimum atomic E-state index is -0.646. The fourth-order valence-electron chi connectivity index (χ4n) is 1.19. The summed E-state index contributed by atoms with van der Waals surface area (Å²) in [5, 5.41) is 8.80. The minimum Gasteiger partial charge on any atom is -0.344 e. The van der Waals surface area contributed by atoms with Crippen LogP contribution in [-0.2, 0) is 4.79 Å². The van der Waals surface area contributed by atoms with Gasteiger partial charge in [-0.3, -0.25) is 4.79 Å². The predicted octanol–water partition coefficient (Wildman–Crippen LogP) is 1.11. The van der Waals surface area contributed by atoms with Crippen LogP contribution < -0.4 is 0 Å². The van der Waals surface area contributed by atoms with Crippen molar-refractivity contribution in [1.82, 2.24) is 4.90 Å². The third kappa shape index (κ3) is 2.16. The molecule has 1 fully saturated rings. The Balaban J connectivity index is 2.44. The van der Waals surface area contributed by atoms with Crippen molar-refractivity contribution in [3.05, 3.63) is 0 Å². The van der Waals surface area contributed by atoms with Crippen LogP contribution in [0.2, 0.25) is 0 Å². The van der Waals surface area contributed by atoms with E-state index in [9.17, 15) is 4.79 Å². The van der Waals surface area contributed by atoms with E-state index in [1.165, 1.54) is 0 Å². The van der Waals surface area contributed by atoms with Crippen molar-refractivity contribution >= 4 is 17.7 Å². The lowest BCUT2D eigenvalue weighted by Crippen LogP contribution is -2.34. The molecule has 0 unspecified atom stereocenters.